The highest BCUT2D eigenvalue weighted by Crippen LogP contribution is 2.37. The van der Waals surface area contributed by atoms with Gasteiger partial charge in [-0.2, -0.15) is 0 Å². The summed E-state index contributed by atoms with van der Waals surface area (Å²) in [6, 6.07) is 11.3. The Kier molecular flexibility index (Phi) is 13.0. The van der Waals surface area contributed by atoms with Gasteiger partial charge in [0, 0.05) is 61.6 Å². The maximum Gasteiger partial charge on any atom is 0.314 e. The molecular formula is C33H41ClN4O7. The van der Waals surface area contributed by atoms with E-state index in [4.69, 9.17) is 27.2 Å². The lowest BCUT2D eigenvalue weighted by Crippen LogP contribution is -2.32. The largest absolute Gasteiger partial charge is 0.481 e. The average molecular weight is 641 g/mol. The molecule has 242 valence electrons. The van der Waals surface area contributed by atoms with Crippen LogP contribution in [-0.4, -0.2) is 64.0 Å². The second kappa shape index (κ2) is 16.6. The second-order valence-corrected chi connectivity index (χ2v) is 11.4. The summed E-state index contributed by atoms with van der Waals surface area (Å²) in [6.45, 7) is 6.72. The molecule has 0 atom stereocenters. The van der Waals surface area contributed by atoms with E-state index in [9.17, 15) is 24.0 Å². The number of unbranched alkanes of at least 4 members (excludes halogenated alkanes) is 4. The lowest BCUT2D eigenvalue weighted by molar-refractivity contribution is -0.137. The molecular weight excluding hydrogens is 600 g/mol. The number of nitrogens with two attached hydrogens (primary N) is 1. The van der Waals surface area contributed by atoms with E-state index in [-0.39, 0.29) is 24.3 Å². The number of likely N-dealkylation sites (tertiary alicyclic amines) is 1. The van der Waals surface area contributed by atoms with Gasteiger partial charge in [0.15, 0.2) is 0 Å². The Balaban J connectivity index is 0.000000598. The first-order chi connectivity index (χ1) is 21.4. The van der Waals surface area contributed by atoms with Crippen LogP contribution in [-0.2, 0) is 14.4 Å². The van der Waals surface area contributed by atoms with Crippen molar-refractivity contribution in [3.63, 3.8) is 0 Å². The predicted octanol–water partition coefficient (Wildman–Crippen LogP) is 6.16. The molecule has 1 aromatic heterocycles. The number of anilines is 1. The number of benzene rings is 2. The van der Waals surface area contributed by atoms with E-state index in [2.05, 4.69) is 0 Å². The number of primary amides is 1. The number of carbonyl (C=O) groups excluding carboxylic acids is 4. The molecule has 12 heteroatoms. The monoisotopic (exact) mass is 640 g/mol. The zero-order valence-electron chi connectivity index (χ0n) is 26.0. The van der Waals surface area contributed by atoms with Crippen molar-refractivity contribution >= 4 is 58.0 Å². The molecule has 0 bridgehead atoms. The van der Waals surface area contributed by atoms with Crippen molar-refractivity contribution in [1.82, 2.24) is 9.47 Å². The number of carbonyl (C=O) groups is 5. The molecule has 45 heavy (non-hydrogen) atoms. The number of urea groups is 1. The van der Waals surface area contributed by atoms with E-state index in [0.717, 1.165) is 45.2 Å². The van der Waals surface area contributed by atoms with E-state index in [1.165, 1.54) is 13.8 Å². The lowest BCUT2D eigenvalue weighted by atomic mass is 10.1. The van der Waals surface area contributed by atoms with Crippen molar-refractivity contribution in [2.45, 2.75) is 72.1 Å². The van der Waals surface area contributed by atoms with Crippen LogP contribution in [0.5, 0.6) is 5.75 Å². The fraction of sp³-hybridized carbons (Fsp3) is 0.424. The Morgan fingerprint density at radius 1 is 0.933 bits per heavy atom. The Labute approximate surface area is 267 Å². The number of hydrogen-bond acceptors (Lipinski definition) is 6. The third kappa shape index (κ3) is 9.81. The van der Waals surface area contributed by atoms with Gasteiger partial charge < -0.3 is 25.4 Å². The summed E-state index contributed by atoms with van der Waals surface area (Å²) in [6.07, 6.45) is 6.25. The first kappa shape index (κ1) is 35.1. The van der Waals surface area contributed by atoms with Crippen LogP contribution < -0.4 is 15.4 Å². The molecule has 4 rings (SSSR count). The van der Waals surface area contributed by atoms with E-state index in [0.29, 0.717) is 58.0 Å². The molecule has 1 aliphatic heterocycles. The van der Waals surface area contributed by atoms with Crippen LogP contribution in [0.15, 0.2) is 42.5 Å². The molecule has 0 saturated carbocycles. The quantitative estimate of drug-likeness (QED) is 0.145. The van der Waals surface area contributed by atoms with Gasteiger partial charge in [-0.3, -0.25) is 23.7 Å². The summed E-state index contributed by atoms with van der Waals surface area (Å²) in [5, 5.41) is 9.92. The third-order valence-electron chi connectivity index (χ3n) is 7.54. The number of amides is 3. The van der Waals surface area contributed by atoms with Gasteiger partial charge in [-0.15, -0.1) is 0 Å². The Hall–Kier alpha value is -4.38. The smallest absolute Gasteiger partial charge is 0.314 e. The molecule has 3 amide bonds. The zero-order chi connectivity index (χ0) is 33.1. The number of aromatic nitrogens is 1. The number of ether oxygens (including phenoxy) is 1. The molecule has 0 spiro atoms. The van der Waals surface area contributed by atoms with E-state index >= 15 is 0 Å². The van der Waals surface area contributed by atoms with Crippen molar-refractivity contribution in [2.75, 3.05) is 24.5 Å². The average Bonchev–Trinajstić information content (AvgIpc) is 3.61. The second-order valence-electron chi connectivity index (χ2n) is 11.0. The molecule has 2 heterocycles. The zero-order valence-corrected chi connectivity index (χ0v) is 26.8. The number of nitrogens with zero attached hydrogens (tertiary/aromatic N) is 3. The number of fused-ring (bicyclic) bond motifs is 1. The van der Waals surface area contributed by atoms with Gasteiger partial charge in [-0.1, -0.05) is 30.9 Å². The SMILES string of the molecule is CC(=O)Oc1ccc2c(c1)c(N(CCCCCCCC(=O)O)C(C)=O)c(C)n2C(=O)c1ccc(Cl)cc1.NC(=O)N1CCCC1. The summed E-state index contributed by atoms with van der Waals surface area (Å²) < 4.78 is 6.85. The van der Waals surface area contributed by atoms with Crippen LogP contribution in [0.4, 0.5) is 10.5 Å². The van der Waals surface area contributed by atoms with Crippen LogP contribution in [0.3, 0.4) is 0 Å². The molecule has 1 aliphatic rings. The topological polar surface area (TPSA) is 152 Å². The summed E-state index contributed by atoms with van der Waals surface area (Å²) in [4.78, 5) is 62.3. The minimum Gasteiger partial charge on any atom is -0.481 e. The number of carboxylic acids is 1. The van der Waals surface area contributed by atoms with Crippen molar-refractivity contribution < 1.29 is 33.8 Å². The number of esters is 1. The number of hydrogen-bond donors (Lipinski definition) is 2. The van der Waals surface area contributed by atoms with Gasteiger partial charge in [0.25, 0.3) is 5.91 Å². The van der Waals surface area contributed by atoms with Crippen LogP contribution in [0, 0.1) is 6.92 Å². The Morgan fingerprint density at radius 2 is 1.56 bits per heavy atom. The highest BCUT2D eigenvalue weighted by atomic mass is 35.5. The van der Waals surface area contributed by atoms with Crippen molar-refractivity contribution in [1.29, 1.82) is 0 Å². The molecule has 11 nitrogen and oxygen atoms in total. The fourth-order valence-corrected chi connectivity index (χ4v) is 5.50. The highest BCUT2D eigenvalue weighted by molar-refractivity contribution is 6.30. The molecule has 1 saturated heterocycles. The molecule has 0 aliphatic carbocycles. The van der Waals surface area contributed by atoms with E-state index < -0.39 is 11.9 Å². The molecule has 2 aromatic carbocycles. The summed E-state index contributed by atoms with van der Waals surface area (Å²) in [5.41, 5.74) is 7.19. The van der Waals surface area contributed by atoms with Crippen LogP contribution in [0.2, 0.25) is 5.02 Å². The number of aliphatic carboxylic acids is 1. The van der Waals surface area contributed by atoms with Crippen LogP contribution in [0.1, 0.15) is 81.3 Å². The van der Waals surface area contributed by atoms with E-state index in [1.807, 2.05) is 0 Å². The molecule has 3 N–H and O–H groups in total. The van der Waals surface area contributed by atoms with Gasteiger partial charge in [0.1, 0.15) is 5.75 Å². The normalized spacial score (nSPS) is 12.4. The maximum atomic E-state index is 13.6. The minimum absolute atomic E-state index is 0.157. The molecule has 1 fully saturated rings. The fourth-order valence-electron chi connectivity index (χ4n) is 5.38. The summed E-state index contributed by atoms with van der Waals surface area (Å²) >= 11 is 6.00. The van der Waals surface area contributed by atoms with Gasteiger partial charge in [-0.05, 0) is 75.1 Å². The van der Waals surface area contributed by atoms with Crippen molar-refractivity contribution in [3.05, 3.63) is 58.7 Å². The van der Waals surface area contributed by atoms with Gasteiger partial charge in [-0.25, -0.2) is 4.79 Å². The van der Waals surface area contributed by atoms with Gasteiger partial charge in [0.2, 0.25) is 5.91 Å². The standard InChI is InChI=1S/C28H31ClN2O6.C5H10N2O/c1-18-27(30(19(2)32)16-8-6-4-5-7-9-26(34)35)24-17-23(37-20(3)33)14-15-25(24)31(18)28(36)21-10-12-22(29)13-11-21;6-5(8)7-3-1-2-4-7/h10-15,17H,4-9,16H2,1-3H3,(H,34,35);1-4H2,(H2,6,8). The molecule has 0 unspecified atom stereocenters. The number of halogens is 1. The minimum atomic E-state index is -0.795. The Morgan fingerprint density at radius 3 is 2.11 bits per heavy atom. The summed E-state index contributed by atoms with van der Waals surface area (Å²) in [7, 11) is 0. The predicted molar refractivity (Wildman–Crippen MR) is 173 cm³/mol. The van der Waals surface area contributed by atoms with Gasteiger partial charge in [0.05, 0.1) is 11.2 Å². The summed E-state index contributed by atoms with van der Waals surface area (Å²) in [5.74, 6) is -1.40. The lowest BCUT2D eigenvalue weighted by Gasteiger charge is -2.22. The van der Waals surface area contributed by atoms with Crippen LogP contribution >= 0.6 is 11.6 Å². The highest BCUT2D eigenvalue weighted by Gasteiger charge is 2.26. The number of rotatable bonds is 11. The number of carboxylic acid groups (broad SMARTS) is 1. The van der Waals surface area contributed by atoms with E-state index in [1.54, 1.807) is 63.8 Å². The Bertz CT molecular complexity index is 1530. The molecule has 0 radical (unpaired) electrons. The van der Waals surface area contributed by atoms with Crippen molar-refractivity contribution in [2.24, 2.45) is 5.73 Å². The van der Waals surface area contributed by atoms with Crippen LogP contribution in [0.25, 0.3) is 10.9 Å². The maximum absolute atomic E-state index is 13.6. The third-order valence-corrected chi connectivity index (χ3v) is 7.79. The molecule has 3 aromatic rings. The van der Waals surface area contributed by atoms with Crippen molar-refractivity contribution in [3.8, 4) is 5.75 Å². The first-order valence-corrected chi connectivity index (χ1v) is 15.5. The van der Waals surface area contributed by atoms with Gasteiger partial charge >= 0.3 is 18.0 Å². The first-order valence-electron chi connectivity index (χ1n) is 15.1.